The molecular formula is C11H17BrN4O3S. The molecular weight excluding hydrogens is 348 g/mol. The number of nitrogens with two attached hydrogens (primary N) is 1. The minimum atomic E-state index is -3.66. The average Bonchev–Trinajstić information content (AvgIpc) is 2.36. The predicted molar refractivity (Wildman–Crippen MR) is 78.5 cm³/mol. The van der Waals surface area contributed by atoms with Crippen LogP contribution < -0.4 is 16.0 Å². The second-order valence-electron chi connectivity index (χ2n) is 4.51. The van der Waals surface area contributed by atoms with Gasteiger partial charge < -0.3 is 10.2 Å². The second kappa shape index (κ2) is 6.35. The Balaban J connectivity index is 2.10. The lowest BCUT2D eigenvalue weighted by molar-refractivity contribution is -0.00475. The maximum absolute atomic E-state index is 12.3. The Morgan fingerprint density at radius 3 is 2.85 bits per heavy atom. The van der Waals surface area contributed by atoms with Gasteiger partial charge >= 0.3 is 0 Å². The molecule has 1 fully saturated rings. The first kappa shape index (κ1) is 15.6. The van der Waals surface area contributed by atoms with Crippen molar-refractivity contribution in [1.29, 1.82) is 0 Å². The molecule has 0 saturated heterocycles. The lowest BCUT2D eigenvalue weighted by Crippen LogP contribution is -2.47. The van der Waals surface area contributed by atoms with Gasteiger partial charge in [0.05, 0.1) is 6.10 Å². The van der Waals surface area contributed by atoms with E-state index in [9.17, 15) is 8.42 Å². The predicted octanol–water partition coefficient (Wildman–Crippen LogP) is 0.975. The van der Waals surface area contributed by atoms with Crippen LogP contribution in [0, 0.1) is 0 Å². The number of nitrogens with one attached hydrogen (secondary N) is 2. The fraction of sp³-hybridized carbons (Fsp3) is 0.545. The molecule has 1 heterocycles. The Labute approximate surface area is 126 Å². The molecule has 7 nitrogen and oxygen atoms in total. The first-order valence-corrected chi connectivity index (χ1v) is 8.50. The summed E-state index contributed by atoms with van der Waals surface area (Å²) in [6.45, 7) is 2.56. The summed E-state index contributed by atoms with van der Waals surface area (Å²) in [7, 11) is -3.66. The Morgan fingerprint density at radius 2 is 2.25 bits per heavy atom. The zero-order valence-electron chi connectivity index (χ0n) is 11.0. The molecule has 1 aromatic heterocycles. The van der Waals surface area contributed by atoms with Gasteiger partial charge in [-0.2, -0.15) is 0 Å². The Morgan fingerprint density at radius 1 is 1.55 bits per heavy atom. The normalized spacial score (nSPS) is 22.4. The van der Waals surface area contributed by atoms with Gasteiger partial charge in [0.15, 0.2) is 5.82 Å². The van der Waals surface area contributed by atoms with Gasteiger partial charge in [0, 0.05) is 23.3 Å². The largest absolute Gasteiger partial charge is 0.378 e. The number of hydrogen-bond donors (Lipinski definition) is 3. The van der Waals surface area contributed by atoms with E-state index in [2.05, 4.69) is 31.1 Å². The SMILES string of the molecule is CCOC1CC(NS(=O)(=O)c2cc(Br)cnc2NN)C1. The minimum Gasteiger partial charge on any atom is -0.378 e. The van der Waals surface area contributed by atoms with Crippen molar-refractivity contribution in [3.05, 3.63) is 16.7 Å². The number of rotatable bonds is 6. The molecule has 2 rings (SSSR count). The highest BCUT2D eigenvalue weighted by atomic mass is 79.9. The third-order valence-corrected chi connectivity index (χ3v) is 5.03. The van der Waals surface area contributed by atoms with Gasteiger partial charge in [-0.25, -0.2) is 24.0 Å². The van der Waals surface area contributed by atoms with E-state index in [1.54, 1.807) is 0 Å². The van der Waals surface area contributed by atoms with Gasteiger partial charge in [-0.3, -0.25) is 0 Å². The van der Waals surface area contributed by atoms with Crippen molar-refractivity contribution < 1.29 is 13.2 Å². The third-order valence-electron chi connectivity index (χ3n) is 3.06. The van der Waals surface area contributed by atoms with Crippen LogP contribution in [-0.4, -0.2) is 32.2 Å². The summed E-state index contributed by atoms with van der Waals surface area (Å²) in [6, 6.07) is 1.35. The third kappa shape index (κ3) is 3.47. The maximum atomic E-state index is 12.3. The molecule has 112 valence electrons. The fourth-order valence-electron chi connectivity index (χ4n) is 2.05. The minimum absolute atomic E-state index is 0.0224. The zero-order valence-corrected chi connectivity index (χ0v) is 13.4. The maximum Gasteiger partial charge on any atom is 0.244 e. The smallest absolute Gasteiger partial charge is 0.244 e. The molecule has 20 heavy (non-hydrogen) atoms. The van der Waals surface area contributed by atoms with Gasteiger partial charge in [0.2, 0.25) is 10.0 Å². The van der Waals surface area contributed by atoms with E-state index in [0.29, 0.717) is 23.9 Å². The summed E-state index contributed by atoms with van der Waals surface area (Å²) in [4.78, 5) is 3.95. The fourth-order valence-corrected chi connectivity index (χ4v) is 3.94. The van der Waals surface area contributed by atoms with Crippen molar-refractivity contribution in [1.82, 2.24) is 9.71 Å². The van der Waals surface area contributed by atoms with Crippen LogP contribution in [0.2, 0.25) is 0 Å². The number of aromatic nitrogens is 1. The van der Waals surface area contributed by atoms with E-state index in [1.165, 1.54) is 12.3 Å². The van der Waals surface area contributed by atoms with Crippen LogP contribution in [0.25, 0.3) is 0 Å². The molecule has 1 aromatic rings. The van der Waals surface area contributed by atoms with Crippen molar-refractivity contribution in [2.45, 2.75) is 36.8 Å². The van der Waals surface area contributed by atoms with Crippen molar-refractivity contribution in [2.24, 2.45) is 5.84 Å². The van der Waals surface area contributed by atoms with Gasteiger partial charge in [0.1, 0.15) is 4.90 Å². The molecule has 9 heteroatoms. The Bertz CT molecular complexity index is 575. The first-order chi connectivity index (χ1) is 9.46. The average molecular weight is 365 g/mol. The molecule has 0 bridgehead atoms. The quantitative estimate of drug-likeness (QED) is 0.513. The van der Waals surface area contributed by atoms with Crippen LogP contribution >= 0.6 is 15.9 Å². The van der Waals surface area contributed by atoms with E-state index in [4.69, 9.17) is 10.6 Å². The molecule has 0 spiro atoms. The molecule has 1 saturated carbocycles. The lowest BCUT2D eigenvalue weighted by atomic mass is 9.90. The summed E-state index contributed by atoms with van der Waals surface area (Å²) < 4.78 is 33.3. The van der Waals surface area contributed by atoms with Crippen LogP contribution in [0.1, 0.15) is 19.8 Å². The van der Waals surface area contributed by atoms with Crippen LogP contribution in [0.4, 0.5) is 5.82 Å². The number of pyridine rings is 1. The summed E-state index contributed by atoms with van der Waals surface area (Å²) in [6.07, 6.45) is 2.98. The highest BCUT2D eigenvalue weighted by Gasteiger charge is 2.34. The standard InChI is InChI=1S/C11H17BrN4O3S/c1-2-19-9-4-8(5-9)16-20(17,18)10-3-7(12)6-14-11(10)15-13/h3,6,8-9,16H,2,4-5,13H2,1H3,(H,14,15). The number of nitrogen functional groups attached to an aromatic ring is 1. The summed E-state index contributed by atoms with van der Waals surface area (Å²) in [5.74, 6) is 5.41. The number of ether oxygens (including phenoxy) is 1. The number of nitrogens with zero attached hydrogens (tertiary/aromatic N) is 1. The molecule has 1 aliphatic rings. The van der Waals surface area contributed by atoms with Crippen LogP contribution in [0.3, 0.4) is 0 Å². The van der Waals surface area contributed by atoms with Gasteiger partial charge in [-0.05, 0) is 41.8 Å². The number of anilines is 1. The summed E-state index contributed by atoms with van der Waals surface area (Å²) in [5, 5.41) is 0. The van der Waals surface area contributed by atoms with Gasteiger partial charge in [-0.1, -0.05) is 0 Å². The second-order valence-corrected chi connectivity index (χ2v) is 7.11. The molecule has 0 amide bonds. The molecule has 0 atom stereocenters. The summed E-state index contributed by atoms with van der Waals surface area (Å²) in [5.41, 5.74) is 2.29. The van der Waals surface area contributed by atoms with E-state index < -0.39 is 10.0 Å². The number of hydrazine groups is 1. The van der Waals surface area contributed by atoms with Gasteiger partial charge in [-0.15, -0.1) is 0 Å². The number of halogens is 1. The van der Waals surface area contributed by atoms with Crippen molar-refractivity contribution in [3.8, 4) is 0 Å². The van der Waals surface area contributed by atoms with E-state index in [1.807, 2.05) is 6.92 Å². The monoisotopic (exact) mass is 364 g/mol. The Hall–Kier alpha value is -0.740. The van der Waals surface area contributed by atoms with Crippen molar-refractivity contribution in [3.63, 3.8) is 0 Å². The molecule has 4 N–H and O–H groups in total. The topological polar surface area (TPSA) is 106 Å². The van der Waals surface area contributed by atoms with Crippen molar-refractivity contribution >= 4 is 31.8 Å². The molecule has 0 radical (unpaired) electrons. The molecule has 1 aliphatic carbocycles. The number of hydrogen-bond acceptors (Lipinski definition) is 6. The summed E-state index contributed by atoms with van der Waals surface area (Å²) >= 11 is 3.20. The zero-order chi connectivity index (χ0) is 14.8. The van der Waals surface area contributed by atoms with Crippen LogP contribution in [-0.2, 0) is 14.8 Å². The number of sulfonamides is 1. The van der Waals surface area contributed by atoms with E-state index in [0.717, 1.165) is 0 Å². The highest BCUT2D eigenvalue weighted by molar-refractivity contribution is 9.10. The van der Waals surface area contributed by atoms with E-state index in [-0.39, 0.29) is 22.9 Å². The van der Waals surface area contributed by atoms with Crippen LogP contribution in [0.15, 0.2) is 21.6 Å². The Kier molecular flexibility index (Phi) is 4.97. The van der Waals surface area contributed by atoms with E-state index >= 15 is 0 Å². The van der Waals surface area contributed by atoms with Crippen LogP contribution in [0.5, 0.6) is 0 Å². The lowest BCUT2D eigenvalue weighted by Gasteiger charge is -2.35. The van der Waals surface area contributed by atoms with Gasteiger partial charge in [0.25, 0.3) is 0 Å². The molecule has 0 aliphatic heterocycles. The molecule has 0 aromatic carbocycles. The first-order valence-electron chi connectivity index (χ1n) is 6.22. The highest BCUT2D eigenvalue weighted by Crippen LogP contribution is 2.27. The molecule has 0 unspecified atom stereocenters. The van der Waals surface area contributed by atoms with Crippen molar-refractivity contribution in [2.75, 3.05) is 12.0 Å².